The van der Waals surface area contributed by atoms with E-state index in [4.69, 9.17) is 14.6 Å². The van der Waals surface area contributed by atoms with E-state index in [1.165, 1.54) is 7.11 Å². The van der Waals surface area contributed by atoms with E-state index in [1.54, 1.807) is 4.90 Å². The van der Waals surface area contributed by atoms with Gasteiger partial charge in [-0.25, -0.2) is 4.79 Å². The van der Waals surface area contributed by atoms with Crippen LogP contribution in [-0.4, -0.2) is 60.3 Å². The molecule has 0 radical (unpaired) electrons. The predicted octanol–water partition coefficient (Wildman–Crippen LogP) is 0.0302. The van der Waals surface area contributed by atoms with Gasteiger partial charge < -0.3 is 19.5 Å². The predicted molar refractivity (Wildman–Crippen MR) is 66.9 cm³/mol. The second-order valence-electron chi connectivity index (χ2n) is 5.18. The molecule has 0 aromatic carbocycles. The third kappa shape index (κ3) is 3.09. The van der Waals surface area contributed by atoms with Crippen LogP contribution in [0, 0.1) is 5.92 Å². The van der Waals surface area contributed by atoms with Crippen molar-refractivity contribution >= 4 is 17.8 Å². The molecule has 7 nitrogen and oxygen atoms in total. The number of ether oxygens (including phenoxy) is 2. The highest BCUT2D eigenvalue weighted by atomic mass is 16.5. The average Bonchev–Trinajstić information content (AvgIpc) is 2.95. The van der Waals surface area contributed by atoms with Gasteiger partial charge in [-0.3, -0.25) is 9.59 Å². The first-order valence-electron chi connectivity index (χ1n) is 6.77. The number of likely N-dealkylation sites (tertiary alicyclic amines) is 1. The van der Waals surface area contributed by atoms with Gasteiger partial charge >= 0.3 is 11.9 Å². The van der Waals surface area contributed by atoms with Crippen molar-refractivity contribution in [2.45, 2.75) is 37.9 Å². The lowest BCUT2D eigenvalue weighted by Gasteiger charge is -2.32. The Hall–Kier alpha value is -1.63. The molecule has 0 aliphatic carbocycles. The first kappa shape index (κ1) is 14.8. The number of piperidine rings is 1. The van der Waals surface area contributed by atoms with Crippen LogP contribution in [0.25, 0.3) is 0 Å². The maximum Gasteiger partial charge on any atom is 0.332 e. The highest BCUT2D eigenvalue weighted by Crippen LogP contribution is 2.24. The molecule has 2 rings (SSSR count). The number of amides is 1. The minimum absolute atomic E-state index is 0.220. The molecule has 2 saturated heterocycles. The van der Waals surface area contributed by atoms with Gasteiger partial charge in [-0.1, -0.05) is 0 Å². The summed E-state index contributed by atoms with van der Waals surface area (Å²) in [6, 6.07) is 0. The van der Waals surface area contributed by atoms with E-state index in [-0.39, 0.29) is 17.8 Å². The second kappa shape index (κ2) is 6.21. The van der Waals surface area contributed by atoms with Crippen molar-refractivity contribution in [3.05, 3.63) is 0 Å². The third-order valence-electron chi connectivity index (χ3n) is 3.84. The molecule has 0 aromatic rings. The highest BCUT2D eigenvalue weighted by molar-refractivity contribution is 5.83. The van der Waals surface area contributed by atoms with Crippen LogP contribution in [0.2, 0.25) is 0 Å². The first-order chi connectivity index (χ1) is 9.52. The van der Waals surface area contributed by atoms with E-state index in [1.807, 2.05) is 0 Å². The van der Waals surface area contributed by atoms with Crippen molar-refractivity contribution < 1.29 is 29.0 Å². The summed E-state index contributed by atoms with van der Waals surface area (Å²) < 4.78 is 9.96. The molecule has 0 aromatic heterocycles. The maximum atomic E-state index is 12.3. The minimum atomic E-state index is -1.04. The van der Waals surface area contributed by atoms with Crippen LogP contribution >= 0.6 is 0 Å². The Morgan fingerprint density at radius 3 is 2.50 bits per heavy atom. The van der Waals surface area contributed by atoms with Gasteiger partial charge in [-0.15, -0.1) is 0 Å². The summed E-state index contributed by atoms with van der Waals surface area (Å²) >= 11 is 0. The summed E-state index contributed by atoms with van der Waals surface area (Å²) in [7, 11) is 1.33. The van der Waals surface area contributed by atoms with Crippen LogP contribution < -0.4 is 0 Å². The summed E-state index contributed by atoms with van der Waals surface area (Å²) in [4.78, 5) is 36.2. The Balaban J connectivity index is 1.92. The SMILES string of the molecule is COC(=O)C1CCCN(C(=O)[C@@H]2CC[C@H](C(=O)O)O2)C1. The molecule has 20 heavy (non-hydrogen) atoms. The van der Waals surface area contributed by atoms with Crippen molar-refractivity contribution in [3.63, 3.8) is 0 Å². The number of nitrogens with zero attached hydrogens (tertiary/aromatic N) is 1. The number of carboxylic acids is 1. The van der Waals surface area contributed by atoms with Crippen molar-refractivity contribution in [1.82, 2.24) is 4.90 Å². The zero-order valence-corrected chi connectivity index (χ0v) is 11.4. The van der Waals surface area contributed by atoms with E-state index < -0.39 is 18.2 Å². The van der Waals surface area contributed by atoms with E-state index >= 15 is 0 Å². The molecule has 3 atom stereocenters. The van der Waals surface area contributed by atoms with E-state index in [0.29, 0.717) is 32.4 Å². The highest BCUT2D eigenvalue weighted by Gasteiger charge is 2.38. The van der Waals surface area contributed by atoms with Gasteiger partial charge in [0.15, 0.2) is 6.10 Å². The number of carboxylic acid groups (broad SMARTS) is 1. The number of hydrogen-bond donors (Lipinski definition) is 1. The Morgan fingerprint density at radius 1 is 1.20 bits per heavy atom. The van der Waals surface area contributed by atoms with Gasteiger partial charge in [-0.05, 0) is 25.7 Å². The molecule has 2 fully saturated rings. The van der Waals surface area contributed by atoms with Crippen molar-refractivity contribution in [2.75, 3.05) is 20.2 Å². The lowest BCUT2D eigenvalue weighted by Crippen LogP contribution is -2.47. The zero-order chi connectivity index (χ0) is 14.7. The van der Waals surface area contributed by atoms with Gasteiger partial charge in [0, 0.05) is 13.1 Å². The van der Waals surface area contributed by atoms with Crippen LogP contribution in [0.3, 0.4) is 0 Å². The molecule has 2 aliphatic rings. The van der Waals surface area contributed by atoms with Gasteiger partial charge in [0.05, 0.1) is 13.0 Å². The molecular formula is C13H19NO6. The van der Waals surface area contributed by atoms with Crippen LogP contribution in [0.4, 0.5) is 0 Å². The number of esters is 1. The lowest BCUT2D eigenvalue weighted by molar-refractivity contribution is -0.156. The van der Waals surface area contributed by atoms with E-state index in [0.717, 1.165) is 6.42 Å². The molecule has 0 saturated carbocycles. The fraction of sp³-hybridized carbons (Fsp3) is 0.769. The van der Waals surface area contributed by atoms with Crippen molar-refractivity contribution in [1.29, 1.82) is 0 Å². The number of hydrogen-bond acceptors (Lipinski definition) is 5. The van der Waals surface area contributed by atoms with Gasteiger partial charge in [0.1, 0.15) is 6.10 Å². The van der Waals surface area contributed by atoms with Crippen LogP contribution in [0.15, 0.2) is 0 Å². The summed E-state index contributed by atoms with van der Waals surface area (Å²) in [5.41, 5.74) is 0. The van der Waals surface area contributed by atoms with Crippen molar-refractivity contribution in [2.24, 2.45) is 5.92 Å². The number of carbonyl (C=O) groups excluding carboxylic acids is 2. The smallest absolute Gasteiger partial charge is 0.332 e. The molecule has 2 heterocycles. The Morgan fingerprint density at radius 2 is 1.90 bits per heavy atom. The summed E-state index contributed by atoms with van der Waals surface area (Å²) in [5.74, 6) is -1.86. The zero-order valence-electron chi connectivity index (χ0n) is 11.4. The van der Waals surface area contributed by atoms with Crippen molar-refractivity contribution in [3.8, 4) is 0 Å². The molecule has 1 unspecified atom stereocenters. The quantitative estimate of drug-likeness (QED) is 0.735. The number of methoxy groups -OCH3 is 1. The molecule has 1 amide bonds. The maximum absolute atomic E-state index is 12.3. The number of rotatable bonds is 3. The largest absolute Gasteiger partial charge is 0.479 e. The third-order valence-corrected chi connectivity index (χ3v) is 3.84. The monoisotopic (exact) mass is 285 g/mol. The molecular weight excluding hydrogens is 266 g/mol. The molecule has 112 valence electrons. The van der Waals surface area contributed by atoms with E-state index in [2.05, 4.69) is 0 Å². The lowest BCUT2D eigenvalue weighted by atomic mass is 9.97. The fourth-order valence-electron chi connectivity index (χ4n) is 2.74. The van der Waals surface area contributed by atoms with Crippen LogP contribution in [-0.2, 0) is 23.9 Å². The number of aliphatic carboxylic acids is 1. The number of carbonyl (C=O) groups is 3. The van der Waals surface area contributed by atoms with Crippen LogP contribution in [0.5, 0.6) is 0 Å². The normalized spacial score (nSPS) is 30.1. The Bertz CT molecular complexity index is 410. The minimum Gasteiger partial charge on any atom is -0.479 e. The van der Waals surface area contributed by atoms with Gasteiger partial charge in [0.25, 0.3) is 5.91 Å². The Kier molecular flexibility index (Phi) is 4.59. The summed E-state index contributed by atoms with van der Waals surface area (Å²) in [6.07, 6.45) is 0.604. The van der Waals surface area contributed by atoms with Gasteiger partial charge in [-0.2, -0.15) is 0 Å². The molecule has 1 N–H and O–H groups in total. The second-order valence-corrected chi connectivity index (χ2v) is 5.18. The average molecular weight is 285 g/mol. The summed E-state index contributed by atoms with van der Waals surface area (Å²) in [5, 5.41) is 8.86. The summed E-state index contributed by atoms with van der Waals surface area (Å²) in [6.45, 7) is 0.896. The molecule has 2 aliphatic heterocycles. The first-order valence-corrected chi connectivity index (χ1v) is 6.77. The molecule has 7 heteroatoms. The van der Waals surface area contributed by atoms with Gasteiger partial charge in [0.2, 0.25) is 0 Å². The molecule has 0 bridgehead atoms. The van der Waals surface area contributed by atoms with Crippen LogP contribution in [0.1, 0.15) is 25.7 Å². The Labute approximate surface area is 116 Å². The topological polar surface area (TPSA) is 93.1 Å². The molecule has 0 spiro atoms. The fourth-order valence-corrected chi connectivity index (χ4v) is 2.74. The standard InChI is InChI=1S/C13H19NO6/c1-19-13(18)8-3-2-6-14(7-8)11(15)9-4-5-10(20-9)12(16)17/h8-10H,2-7H2,1H3,(H,16,17)/t8?,9-,10+/m0/s1. The van der Waals surface area contributed by atoms with E-state index in [9.17, 15) is 14.4 Å².